The Labute approximate surface area is 108 Å². The highest BCUT2D eigenvalue weighted by Gasteiger charge is 2.12. The summed E-state index contributed by atoms with van der Waals surface area (Å²) in [7, 11) is 0. The Morgan fingerprint density at radius 1 is 1.35 bits per heavy atom. The molecule has 1 aromatic heterocycles. The van der Waals surface area contributed by atoms with E-state index in [1.165, 1.54) is 12.1 Å². The Hall–Kier alpha value is -1.33. The number of primary amides is 1. The van der Waals surface area contributed by atoms with Gasteiger partial charge in [-0.1, -0.05) is 23.2 Å². The summed E-state index contributed by atoms with van der Waals surface area (Å²) in [4.78, 5) is 25.9. The lowest BCUT2D eigenvalue weighted by Crippen LogP contribution is -2.26. The smallest absolute Gasteiger partial charge is 0.271 e. The number of halogens is 2. The van der Waals surface area contributed by atoms with E-state index in [-0.39, 0.29) is 22.3 Å². The summed E-state index contributed by atoms with van der Waals surface area (Å²) in [6.45, 7) is 0.326. The fourth-order valence-electron chi connectivity index (χ4n) is 1.13. The van der Waals surface area contributed by atoms with Crippen LogP contribution >= 0.6 is 23.2 Å². The molecule has 0 fully saturated rings. The molecular formula is C10H11Cl2N3O2. The van der Waals surface area contributed by atoms with Crippen LogP contribution in [0.5, 0.6) is 0 Å². The largest absolute Gasteiger partial charge is 0.370 e. The van der Waals surface area contributed by atoms with Gasteiger partial charge in [0.25, 0.3) is 5.91 Å². The van der Waals surface area contributed by atoms with Crippen molar-refractivity contribution in [3.05, 3.63) is 28.0 Å². The minimum atomic E-state index is -0.429. The molecule has 3 N–H and O–H groups in total. The topological polar surface area (TPSA) is 85.1 Å². The van der Waals surface area contributed by atoms with Crippen molar-refractivity contribution in [1.29, 1.82) is 0 Å². The molecule has 0 aliphatic heterocycles. The van der Waals surface area contributed by atoms with E-state index in [2.05, 4.69) is 10.3 Å². The van der Waals surface area contributed by atoms with Gasteiger partial charge in [0, 0.05) is 13.0 Å². The van der Waals surface area contributed by atoms with Gasteiger partial charge in [-0.15, -0.1) is 0 Å². The van der Waals surface area contributed by atoms with Gasteiger partial charge in [0.15, 0.2) is 0 Å². The Balaban J connectivity index is 2.52. The molecule has 1 heterocycles. The first-order chi connectivity index (χ1) is 8.00. The van der Waals surface area contributed by atoms with Crippen molar-refractivity contribution in [2.75, 3.05) is 6.54 Å². The SMILES string of the molecule is NC(=O)CCCNC(=O)c1nc(Cl)ccc1Cl. The molecule has 0 aliphatic rings. The van der Waals surface area contributed by atoms with Crippen LogP contribution in [0.2, 0.25) is 10.2 Å². The molecule has 0 aliphatic carbocycles. The van der Waals surface area contributed by atoms with Gasteiger partial charge in [0.1, 0.15) is 10.8 Å². The van der Waals surface area contributed by atoms with Gasteiger partial charge in [0.05, 0.1) is 5.02 Å². The lowest BCUT2D eigenvalue weighted by Gasteiger charge is -2.05. The van der Waals surface area contributed by atoms with Crippen molar-refractivity contribution >= 4 is 35.0 Å². The van der Waals surface area contributed by atoms with Crippen LogP contribution in [-0.4, -0.2) is 23.3 Å². The van der Waals surface area contributed by atoms with Crippen LogP contribution in [0, 0.1) is 0 Å². The van der Waals surface area contributed by atoms with E-state index in [1.54, 1.807) is 0 Å². The molecule has 0 bridgehead atoms. The number of rotatable bonds is 5. The Morgan fingerprint density at radius 2 is 2.06 bits per heavy atom. The van der Waals surface area contributed by atoms with Crippen LogP contribution in [0.15, 0.2) is 12.1 Å². The molecule has 17 heavy (non-hydrogen) atoms. The molecule has 0 saturated heterocycles. The summed E-state index contributed by atoms with van der Waals surface area (Å²) in [6, 6.07) is 2.99. The van der Waals surface area contributed by atoms with Crippen LogP contribution in [0.1, 0.15) is 23.3 Å². The molecule has 0 aromatic carbocycles. The maximum absolute atomic E-state index is 11.6. The summed E-state index contributed by atoms with van der Waals surface area (Å²) in [5, 5.41) is 2.99. The molecule has 0 atom stereocenters. The molecule has 5 nitrogen and oxygen atoms in total. The second-order valence-corrected chi connectivity index (χ2v) is 4.08. The molecular weight excluding hydrogens is 265 g/mol. The minimum Gasteiger partial charge on any atom is -0.370 e. The number of hydrogen-bond donors (Lipinski definition) is 2. The first-order valence-corrected chi connectivity index (χ1v) is 5.65. The van der Waals surface area contributed by atoms with E-state index in [0.29, 0.717) is 13.0 Å². The lowest BCUT2D eigenvalue weighted by atomic mass is 10.3. The summed E-state index contributed by atoms with van der Waals surface area (Å²) in [6.07, 6.45) is 0.691. The van der Waals surface area contributed by atoms with Crippen LogP contribution in [0.25, 0.3) is 0 Å². The van der Waals surface area contributed by atoms with Crippen LogP contribution < -0.4 is 11.1 Å². The Morgan fingerprint density at radius 3 is 2.71 bits per heavy atom. The molecule has 2 amide bonds. The summed E-state index contributed by atoms with van der Waals surface area (Å²) >= 11 is 11.5. The average molecular weight is 276 g/mol. The number of pyridine rings is 1. The summed E-state index contributed by atoms with van der Waals surface area (Å²) in [5.41, 5.74) is 5.03. The third-order valence-electron chi connectivity index (χ3n) is 1.91. The van der Waals surface area contributed by atoms with Gasteiger partial charge in [-0.3, -0.25) is 9.59 Å². The monoisotopic (exact) mass is 275 g/mol. The van der Waals surface area contributed by atoms with Crippen molar-refractivity contribution in [1.82, 2.24) is 10.3 Å². The number of hydrogen-bond acceptors (Lipinski definition) is 3. The third-order valence-corrected chi connectivity index (χ3v) is 2.43. The third kappa shape index (κ3) is 4.58. The molecule has 0 spiro atoms. The Kier molecular flexibility index (Phi) is 5.18. The van der Waals surface area contributed by atoms with Gasteiger partial charge >= 0.3 is 0 Å². The van der Waals surface area contributed by atoms with Crippen LogP contribution in [0.4, 0.5) is 0 Å². The zero-order chi connectivity index (χ0) is 12.8. The number of carbonyl (C=O) groups excluding carboxylic acids is 2. The second kappa shape index (κ2) is 6.42. The van der Waals surface area contributed by atoms with E-state index in [0.717, 1.165) is 0 Å². The predicted octanol–water partition coefficient (Wildman–Crippen LogP) is 1.38. The van der Waals surface area contributed by atoms with E-state index in [9.17, 15) is 9.59 Å². The Bertz CT molecular complexity index is 438. The fourth-order valence-corrected chi connectivity index (χ4v) is 1.46. The van der Waals surface area contributed by atoms with Crippen LogP contribution in [0.3, 0.4) is 0 Å². The normalized spacial score (nSPS) is 10.0. The number of amides is 2. The molecule has 1 aromatic rings. The maximum Gasteiger partial charge on any atom is 0.271 e. The van der Waals surface area contributed by atoms with E-state index in [4.69, 9.17) is 28.9 Å². The van der Waals surface area contributed by atoms with Crippen LogP contribution in [-0.2, 0) is 4.79 Å². The highest BCUT2D eigenvalue weighted by atomic mass is 35.5. The second-order valence-electron chi connectivity index (χ2n) is 3.29. The summed E-state index contributed by atoms with van der Waals surface area (Å²) in [5.74, 6) is -0.833. The molecule has 0 unspecified atom stereocenters. The molecule has 7 heteroatoms. The quantitative estimate of drug-likeness (QED) is 0.629. The van der Waals surface area contributed by atoms with E-state index in [1.807, 2.05) is 0 Å². The number of nitrogens with zero attached hydrogens (tertiary/aromatic N) is 1. The van der Waals surface area contributed by atoms with Gasteiger partial charge in [-0.05, 0) is 18.6 Å². The van der Waals surface area contributed by atoms with Gasteiger partial charge in [-0.25, -0.2) is 4.98 Å². The van der Waals surface area contributed by atoms with Crippen molar-refractivity contribution in [2.45, 2.75) is 12.8 Å². The van der Waals surface area contributed by atoms with Crippen molar-refractivity contribution < 1.29 is 9.59 Å². The standard InChI is InChI=1S/C10H11Cl2N3O2/c11-6-3-4-7(12)15-9(6)10(17)14-5-1-2-8(13)16/h3-4H,1-2,5H2,(H2,13,16)(H,14,17). The van der Waals surface area contributed by atoms with E-state index >= 15 is 0 Å². The first kappa shape index (κ1) is 13.7. The zero-order valence-corrected chi connectivity index (χ0v) is 10.4. The maximum atomic E-state index is 11.6. The highest BCUT2D eigenvalue weighted by Crippen LogP contribution is 2.16. The summed E-state index contributed by atoms with van der Waals surface area (Å²) < 4.78 is 0. The number of carbonyl (C=O) groups is 2. The van der Waals surface area contributed by atoms with Gasteiger partial charge in [0.2, 0.25) is 5.91 Å². The zero-order valence-electron chi connectivity index (χ0n) is 8.87. The van der Waals surface area contributed by atoms with Crippen molar-refractivity contribution in [2.24, 2.45) is 5.73 Å². The fraction of sp³-hybridized carbons (Fsp3) is 0.300. The van der Waals surface area contributed by atoms with Crippen molar-refractivity contribution in [3.8, 4) is 0 Å². The minimum absolute atomic E-state index is 0.0678. The highest BCUT2D eigenvalue weighted by molar-refractivity contribution is 6.34. The molecule has 1 rings (SSSR count). The van der Waals surface area contributed by atoms with Gasteiger partial charge < -0.3 is 11.1 Å². The van der Waals surface area contributed by atoms with E-state index < -0.39 is 11.8 Å². The molecule has 0 saturated carbocycles. The average Bonchev–Trinajstić information content (AvgIpc) is 2.27. The van der Waals surface area contributed by atoms with Crippen molar-refractivity contribution in [3.63, 3.8) is 0 Å². The lowest BCUT2D eigenvalue weighted by molar-refractivity contribution is -0.118. The predicted molar refractivity (Wildman–Crippen MR) is 65.0 cm³/mol. The molecule has 0 radical (unpaired) electrons. The molecule has 92 valence electrons. The number of nitrogens with two attached hydrogens (primary N) is 1. The number of aromatic nitrogens is 1. The van der Waals surface area contributed by atoms with Gasteiger partial charge in [-0.2, -0.15) is 0 Å². The first-order valence-electron chi connectivity index (χ1n) is 4.89. The number of nitrogens with one attached hydrogen (secondary N) is 1.